The van der Waals surface area contributed by atoms with E-state index in [0.29, 0.717) is 19.1 Å². The van der Waals surface area contributed by atoms with Gasteiger partial charge in [-0.05, 0) is 55.7 Å². The first-order valence-electron chi connectivity index (χ1n) is 18.4. The molecule has 1 aromatic heterocycles. The summed E-state index contributed by atoms with van der Waals surface area (Å²) in [5.74, 6) is -0.0676. The highest BCUT2D eigenvalue weighted by Gasteiger charge is 2.44. The fraction of sp³-hybridized carbons (Fsp3) is 0.476. The first-order chi connectivity index (χ1) is 23.2. The number of carbonyl (C=O) groups excluding carboxylic acids is 1. The zero-order valence-corrected chi connectivity index (χ0v) is 31.7. The number of unbranched alkanes of at least 4 members (excludes halogenated alkanes) is 10. The van der Waals surface area contributed by atoms with E-state index < -0.39 is 7.26 Å². The van der Waals surface area contributed by atoms with Gasteiger partial charge in [-0.3, -0.25) is 4.79 Å². The Morgan fingerprint density at radius 2 is 1.15 bits per heavy atom. The third kappa shape index (κ3) is 12.9. The third-order valence-electron chi connectivity index (χ3n) is 9.50. The summed E-state index contributed by atoms with van der Waals surface area (Å²) >= 11 is 0. The third-order valence-corrected chi connectivity index (χ3v) is 14.0. The number of nitrogens with zero attached hydrogens (tertiary/aromatic N) is 2. The first-order valence-corrected chi connectivity index (χ1v) is 20.4. The summed E-state index contributed by atoms with van der Waals surface area (Å²) in [5, 5.41) is 4.11. The van der Waals surface area contributed by atoms with Crippen molar-refractivity contribution in [3.8, 4) is 0 Å². The summed E-state index contributed by atoms with van der Waals surface area (Å²) in [5.41, 5.74) is 0. The molecule has 0 spiro atoms. The predicted molar refractivity (Wildman–Crippen MR) is 202 cm³/mol. The van der Waals surface area contributed by atoms with Crippen molar-refractivity contribution >= 4 is 29.1 Å². The monoisotopic (exact) mass is 732 g/mol. The highest BCUT2D eigenvalue weighted by Crippen LogP contribution is 2.55. The minimum atomic E-state index is -1.90. The van der Waals surface area contributed by atoms with Crippen LogP contribution in [-0.4, -0.2) is 28.3 Å². The fourth-order valence-corrected chi connectivity index (χ4v) is 11.2. The standard InChI is InChI=1S/C42H58N2O2P.BrH/c1-2-3-4-5-6-7-8-9-10-14-24-38(44-34-33-43-37-44)25-21-22-32-42(45)46-35-23-36-47(39-26-15-11-16-27-39,40-28-17-12-18-29-40)41-30-19-13-20-31-41;/h11-13,15-20,26-31,33-34,37-38H,2-10,14,21-25,32,35-36H2,1H3;1H/q+1;/p-1. The molecule has 0 saturated carbocycles. The minimum Gasteiger partial charge on any atom is -1.00 e. The summed E-state index contributed by atoms with van der Waals surface area (Å²) < 4.78 is 8.10. The van der Waals surface area contributed by atoms with Gasteiger partial charge in [0.1, 0.15) is 23.2 Å². The normalized spacial score (nSPS) is 11.9. The molecule has 0 amide bonds. The van der Waals surface area contributed by atoms with Crippen LogP contribution in [0.1, 0.15) is 116 Å². The zero-order valence-electron chi connectivity index (χ0n) is 29.2. The Hall–Kier alpha value is -2.75. The number of carbonyl (C=O) groups is 1. The second kappa shape index (κ2) is 23.6. The number of rotatable bonds is 24. The number of hydrogen-bond acceptors (Lipinski definition) is 3. The van der Waals surface area contributed by atoms with Crippen molar-refractivity contribution in [2.75, 3.05) is 12.8 Å². The topological polar surface area (TPSA) is 44.1 Å². The van der Waals surface area contributed by atoms with Gasteiger partial charge < -0.3 is 26.3 Å². The molecular formula is C42H58BrN2O2P. The molecule has 0 bridgehead atoms. The van der Waals surface area contributed by atoms with Gasteiger partial charge in [-0.1, -0.05) is 132 Å². The van der Waals surface area contributed by atoms with E-state index in [9.17, 15) is 4.79 Å². The van der Waals surface area contributed by atoms with Crippen LogP contribution in [0.3, 0.4) is 0 Å². The van der Waals surface area contributed by atoms with Crippen LogP contribution in [0.4, 0.5) is 0 Å². The molecule has 0 aliphatic rings. The van der Waals surface area contributed by atoms with Crippen molar-refractivity contribution in [3.63, 3.8) is 0 Å². The lowest BCUT2D eigenvalue weighted by Gasteiger charge is -2.27. The molecule has 260 valence electrons. The number of benzene rings is 3. The maximum absolute atomic E-state index is 12.8. The zero-order chi connectivity index (χ0) is 32.8. The van der Waals surface area contributed by atoms with Crippen LogP contribution in [0.2, 0.25) is 0 Å². The van der Waals surface area contributed by atoms with Crippen molar-refractivity contribution in [1.82, 2.24) is 9.55 Å². The van der Waals surface area contributed by atoms with Gasteiger partial charge in [0.05, 0.1) is 19.1 Å². The van der Waals surface area contributed by atoms with E-state index in [1.165, 1.54) is 86.5 Å². The Labute approximate surface area is 302 Å². The molecule has 3 aromatic carbocycles. The molecule has 4 nitrogen and oxygen atoms in total. The molecule has 1 heterocycles. The number of aromatic nitrogens is 2. The molecule has 0 aliphatic heterocycles. The minimum absolute atomic E-state index is 0. The smallest absolute Gasteiger partial charge is 0.305 e. The lowest BCUT2D eigenvalue weighted by Crippen LogP contribution is -3.00. The van der Waals surface area contributed by atoms with Gasteiger partial charge in [0.15, 0.2) is 0 Å². The second-order valence-electron chi connectivity index (χ2n) is 13.0. The largest absolute Gasteiger partial charge is 1.00 e. The molecule has 0 N–H and O–H groups in total. The average molecular weight is 734 g/mol. The van der Waals surface area contributed by atoms with Crippen molar-refractivity contribution in [3.05, 3.63) is 110 Å². The SMILES string of the molecule is CCCCCCCCCCCCC(CCCCC(=O)OCCC[P+](c1ccccc1)(c1ccccc1)c1ccccc1)n1ccnc1.[Br-]. The van der Waals surface area contributed by atoms with Gasteiger partial charge in [-0.2, -0.15) is 0 Å². The molecule has 6 heteroatoms. The van der Waals surface area contributed by atoms with E-state index in [4.69, 9.17) is 4.74 Å². The van der Waals surface area contributed by atoms with Crippen molar-refractivity contribution < 1.29 is 26.5 Å². The van der Waals surface area contributed by atoms with Crippen LogP contribution in [0.15, 0.2) is 110 Å². The van der Waals surface area contributed by atoms with Gasteiger partial charge in [0, 0.05) is 31.3 Å². The molecule has 0 fully saturated rings. The van der Waals surface area contributed by atoms with E-state index in [-0.39, 0.29) is 23.0 Å². The Morgan fingerprint density at radius 1 is 0.667 bits per heavy atom. The van der Waals surface area contributed by atoms with Crippen molar-refractivity contribution in [1.29, 1.82) is 0 Å². The summed E-state index contributed by atoms with van der Waals surface area (Å²) in [4.78, 5) is 17.1. The number of esters is 1. The van der Waals surface area contributed by atoms with Crippen LogP contribution in [0, 0.1) is 0 Å². The number of hydrogen-bond donors (Lipinski definition) is 0. The molecule has 4 rings (SSSR count). The summed E-state index contributed by atoms with van der Waals surface area (Å²) in [6.07, 6.45) is 26.0. The van der Waals surface area contributed by atoms with E-state index in [1.54, 1.807) is 0 Å². The summed E-state index contributed by atoms with van der Waals surface area (Å²) in [6, 6.07) is 33.2. The van der Waals surface area contributed by atoms with Crippen LogP contribution >= 0.6 is 7.26 Å². The molecule has 48 heavy (non-hydrogen) atoms. The average Bonchev–Trinajstić information content (AvgIpc) is 3.66. The number of ether oxygens (including phenoxy) is 1. The number of halogens is 1. The van der Waals surface area contributed by atoms with Crippen LogP contribution in [0.5, 0.6) is 0 Å². The van der Waals surface area contributed by atoms with Gasteiger partial charge in [-0.25, -0.2) is 4.98 Å². The molecule has 0 aliphatic carbocycles. The predicted octanol–water partition coefficient (Wildman–Crippen LogP) is 7.23. The van der Waals surface area contributed by atoms with E-state index in [0.717, 1.165) is 31.8 Å². The maximum atomic E-state index is 12.8. The van der Waals surface area contributed by atoms with Gasteiger partial charge in [0.25, 0.3) is 0 Å². The maximum Gasteiger partial charge on any atom is 0.305 e. The molecule has 1 unspecified atom stereocenters. The molecule has 1 atom stereocenters. The van der Waals surface area contributed by atoms with Gasteiger partial charge in [-0.15, -0.1) is 0 Å². The Kier molecular flexibility index (Phi) is 19.5. The Balaban J connectivity index is 0.00000625. The van der Waals surface area contributed by atoms with Gasteiger partial charge in [0.2, 0.25) is 0 Å². The molecule has 0 radical (unpaired) electrons. The highest BCUT2D eigenvalue weighted by molar-refractivity contribution is 7.95. The van der Waals surface area contributed by atoms with Crippen molar-refractivity contribution in [2.45, 2.75) is 116 Å². The lowest BCUT2D eigenvalue weighted by molar-refractivity contribution is -0.143. The van der Waals surface area contributed by atoms with E-state index in [1.807, 2.05) is 12.5 Å². The highest BCUT2D eigenvalue weighted by atomic mass is 79.9. The molecule has 4 aromatic rings. The van der Waals surface area contributed by atoms with Crippen LogP contribution in [-0.2, 0) is 9.53 Å². The molecule has 0 saturated heterocycles. The Morgan fingerprint density at radius 3 is 1.62 bits per heavy atom. The van der Waals surface area contributed by atoms with E-state index >= 15 is 0 Å². The Bertz CT molecular complexity index is 1260. The lowest BCUT2D eigenvalue weighted by atomic mass is 10.00. The van der Waals surface area contributed by atoms with Crippen molar-refractivity contribution in [2.24, 2.45) is 0 Å². The first kappa shape index (κ1) is 39.7. The fourth-order valence-electron chi connectivity index (χ4n) is 6.89. The quantitative estimate of drug-likeness (QED) is 0.0434. The second-order valence-corrected chi connectivity index (χ2v) is 16.6. The number of imidazole rings is 1. The summed E-state index contributed by atoms with van der Waals surface area (Å²) in [6.45, 7) is 2.74. The van der Waals surface area contributed by atoms with E-state index in [2.05, 4.69) is 114 Å². The van der Waals surface area contributed by atoms with Crippen LogP contribution in [0.25, 0.3) is 0 Å². The molecular weight excluding hydrogens is 675 g/mol. The van der Waals surface area contributed by atoms with Crippen LogP contribution < -0.4 is 32.9 Å². The van der Waals surface area contributed by atoms with Gasteiger partial charge >= 0.3 is 5.97 Å². The summed E-state index contributed by atoms with van der Waals surface area (Å²) in [7, 11) is -1.90.